The Morgan fingerprint density at radius 1 is 0.969 bits per heavy atom. The van der Waals surface area contributed by atoms with Gasteiger partial charge in [0.15, 0.2) is 9.84 Å². The van der Waals surface area contributed by atoms with Crippen molar-refractivity contribution in [1.29, 1.82) is 0 Å². The van der Waals surface area contributed by atoms with Gasteiger partial charge in [-0.3, -0.25) is 4.79 Å². The van der Waals surface area contributed by atoms with Gasteiger partial charge in [0.2, 0.25) is 5.91 Å². The second-order valence-corrected chi connectivity index (χ2v) is 10.3. The third-order valence-corrected chi connectivity index (χ3v) is 7.53. The highest BCUT2D eigenvalue weighted by Gasteiger charge is 2.22. The molecule has 0 aliphatic carbocycles. The maximum absolute atomic E-state index is 13.2. The highest BCUT2D eigenvalue weighted by Crippen LogP contribution is 2.29. The molecule has 0 aliphatic rings. The number of aryl methyl sites for hydroxylation is 1. The number of nitrogens with zero attached hydrogens (tertiary/aromatic N) is 1. The molecule has 1 heterocycles. The third-order valence-electron chi connectivity index (χ3n) is 5.08. The van der Waals surface area contributed by atoms with Crippen LogP contribution >= 0.6 is 23.2 Å². The van der Waals surface area contributed by atoms with Crippen molar-refractivity contribution in [3.8, 4) is 0 Å². The third kappa shape index (κ3) is 4.83. The highest BCUT2D eigenvalue weighted by atomic mass is 35.5. The molecule has 8 heteroatoms. The van der Waals surface area contributed by atoms with Gasteiger partial charge in [0.25, 0.3) is 0 Å². The van der Waals surface area contributed by atoms with Gasteiger partial charge < -0.3 is 9.88 Å². The maximum atomic E-state index is 13.2. The molecular formula is C24H20Cl2N2O3S. The van der Waals surface area contributed by atoms with E-state index in [-0.39, 0.29) is 23.1 Å². The number of nitrogens with one attached hydrogen (secondary N) is 1. The van der Waals surface area contributed by atoms with E-state index in [2.05, 4.69) is 5.32 Å². The molecule has 164 valence electrons. The fourth-order valence-electron chi connectivity index (χ4n) is 3.50. The molecule has 0 fully saturated rings. The summed E-state index contributed by atoms with van der Waals surface area (Å²) < 4.78 is 28.1. The zero-order valence-corrected chi connectivity index (χ0v) is 19.5. The number of benzene rings is 3. The minimum atomic E-state index is -3.62. The fourth-order valence-corrected chi connectivity index (χ4v) is 5.38. The van der Waals surface area contributed by atoms with E-state index in [1.807, 2.05) is 37.3 Å². The molecule has 4 rings (SSSR count). The van der Waals surface area contributed by atoms with Crippen molar-refractivity contribution >= 4 is 55.5 Å². The van der Waals surface area contributed by atoms with Gasteiger partial charge in [-0.1, -0.05) is 71.2 Å². The normalized spacial score (nSPS) is 11.6. The molecule has 0 bridgehead atoms. The summed E-state index contributed by atoms with van der Waals surface area (Å²) in [4.78, 5) is 12.9. The Hall–Kier alpha value is -2.80. The van der Waals surface area contributed by atoms with E-state index < -0.39 is 9.84 Å². The van der Waals surface area contributed by atoms with E-state index in [0.717, 1.165) is 5.56 Å². The van der Waals surface area contributed by atoms with Gasteiger partial charge in [-0.2, -0.15) is 0 Å². The summed E-state index contributed by atoms with van der Waals surface area (Å²) in [6, 6.07) is 19.4. The molecule has 32 heavy (non-hydrogen) atoms. The lowest BCUT2D eigenvalue weighted by atomic mass is 10.2. The first-order valence-corrected chi connectivity index (χ1v) is 12.2. The predicted octanol–water partition coefficient (Wildman–Crippen LogP) is 5.87. The number of hydrogen-bond acceptors (Lipinski definition) is 3. The Kier molecular flexibility index (Phi) is 6.29. The number of amides is 1. The summed E-state index contributed by atoms with van der Waals surface area (Å²) in [7, 11) is -3.62. The minimum Gasteiger partial charge on any atom is -0.337 e. The van der Waals surface area contributed by atoms with Crippen LogP contribution in [0.15, 0.2) is 77.8 Å². The Morgan fingerprint density at radius 2 is 1.69 bits per heavy atom. The number of carbonyl (C=O) groups is 1. The Labute approximate surface area is 196 Å². The quantitative estimate of drug-likeness (QED) is 0.370. The molecule has 0 aliphatic heterocycles. The van der Waals surface area contributed by atoms with E-state index in [1.165, 1.54) is 6.20 Å². The summed E-state index contributed by atoms with van der Waals surface area (Å²) in [6.45, 7) is 1.90. The number of aromatic nitrogens is 1. The molecule has 4 aromatic rings. The second-order valence-electron chi connectivity index (χ2n) is 7.56. The van der Waals surface area contributed by atoms with Crippen LogP contribution in [0.5, 0.6) is 0 Å². The van der Waals surface area contributed by atoms with Gasteiger partial charge in [-0.25, -0.2) is 8.42 Å². The predicted molar refractivity (Wildman–Crippen MR) is 129 cm³/mol. The van der Waals surface area contributed by atoms with Crippen LogP contribution in [0.1, 0.15) is 11.1 Å². The Morgan fingerprint density at radius 3 is 2.41 bits per heavy atom. The number of carbonyl (C=O) groups excluding carboxylic acids is 1. The minimum absolute atomic E-state index is 0.0548. The molecule has 1 N–H and O–H groups in total. The van der Waals surface area contributed by atoms with Crippen molar-refractivity contribution < 1.29 is 13.2 Å². The van der Waals surface area contributed by atoms with Crippen LogP contribution in [0, 0.1) is 6.92 Å². The van der Waals surface area contributed by atoms with E-state index >= 15 is 0 Å². The van der Waals surface area contributed by atoms with Gasteiger partial charge in [-0.05, 0) is 36.8 Å². The molecule has 1 amide bonds. The van der Waals surface area contributed by atoms with Gasteiger partial charge >= 0.3 is 0 Å². The smallest absolute Gasteiger partial charge is 0.244 e. The summed E-state index contributed by atoms with van der Waals surface area (Å²) in [6.07, 6.45) is 1.53. The van der Waals surface area contributed by atoms with Crippen LogP contribution in [0.4, 0.5) is 5.69 Å². The van der Waals surface area contributed by atoms with E-state index in [4.69, 9.17) is 23.2 Å². The molecule has 0 unspecified atom stereocenters. The molecular weight excluding hydrogens is 467 g/mol. The summed E-state index contributed by atoms with van der Waals surface area (Å²) >= 11 is 11.9. The lowest BCUT2D eigenvalue weighted by molar-refractivity contribution is -0.116. The van der Waals surface area contributed by atoms with Crippen molar-refractivity contribution in [2.45, 2.75) is 24.1 Å². The van der Waals surface area contributed by atoms with Crippen LogP contribution in [0.25, 0.3) is 10.9 Å². The zero-order valence-electron chi connectivity index (χ0n) is 17.2. The van der Waals surface area contributed by atoms with E-state index in [1.54, 1.807) is 41.0 Å². The van der Waals surface area contributed by atoms with E-state index in [0.29, 0.717) is 32.2 Å². The van der Waals surface area contributed by atoms with Crippen molar-refractivity contribution in [2.24, 2.45) is 0 Å². The highest BCUT2D eigenvalue weighted by molar-refractivity contribution is 7.90. The number of halogens is 2. The first-order valence-electron chi connectivity index (χ1n) is 9.84. The first-order chi connectivity index (χ1) is 15.2. The summed E-state index contributed by atoms with van der Waals surface area (Å²) in [5.74, 6) is -0.428. The number of anilines is 1. The van der Waals surface area contributed by atoms with Crippen molar-refractivity contribution in [2.75, 3.05) is 5.32 Å². The van der Waals surface area contributed by atoms with Crippen LogP contribution in [0.2, 0.25) is 10.0 Å². The number of hydrogen-bond donors (Lipinski definition) is 1. The van der Waals surface area contributed by atoms with Gasteiger partial charge in [0, 0.05) is 22.8 Å². The van der Waals surface area contributed by atoms with Crippen LogP contribution in [-0.2, 0) is 26.9 Å². The Balaban J connectivity index is 1.62. The van der Waals surface area contributed by atoms with Crippen LogP contribution < -0.4 is 5.32 Å². The molecule has 0 saturated heterocycles. The average molecular weight is 487 g/mol. The number of sulfone groups is 1. The molecule has 1 aromatic heterocycles. The fraction of sp³-hybridized carbons (Fsp3) is 0.125. The summed E-state index contributed by atoms with van der Waals surface area (Å²) in [5.41, 5.74) is 2.95. The maximum Gasteiger partial charge on any atom is 0.244 e. The molecule has 0 atom stereocenters. The van der Waals surface area contributed by atoms with E-state index in [9.17, 15) is 13.2 Å². The molecule has 0 spiro atoms. The monoisotopic (exact) mass is 486 g/mol. The van der Waals surface area contributed by atoms with Gasteiger partial charge in [0.05, 0.1) is 20.7 Å². The largest absolute Gasteiger partial charge is 0.337 e. The molecule has 5 nitrogen and oxygen atoms in total. The van der Waals surface area contributed by atoms with Gasteiger partial charge in [-0.15, -0.1) is 0 Å². The van der Waals surface area contributed by atoms with Crippen LogP contribution in [0.3, 0.4) is 0 Å². The first kappa shape index (κ1) is 22.4. The van der Waals surface area contributed by atoms with Crippen molar-refractivity contribution in [3.63, 3.8) is 0 Å². The lowest BCUT2D eigenvalue weighted by Crippen LogP contribution is -2.18. The lowest BCUT2D eigenvalue weighted by Gasteiger charge is -2.08. The molecule has 0 saturated carbocycles. The number of para-hydroxylation sites is 1. The van der Waals surface area contributed by atoms with Crippen LogP contribution in [-0.4, -0.2) is 18.9 Å². The SMILES string of the molecule is Cc1ccc(CS(=O)(=O)c2cn(CC(=O)Nc3ccc(Cl)c(Cl)c3)c3ccccc23)cc1. The summed E-state index contributed by atoms with van der Waals surface area (Å²) in [5, 5.41) is 4.08. The Bertz CT molecular complexity index is 1410. The van der Waals surface area contributed by atoms with Crippen molar-refractivity contribution in [1.82, 2.24) is 4.57 Å². The number of rotatable bonds is 6. The topological polar surface area (TPSA) is 68.2 Å². The van der Waals surface area contributed by atoms with Crippen molar-refractivity contribution in [3.05, 3.63) is 94.1 Å². The van der Waals surface area contributed by atoms with Gasteiger partial charge in [0.1, 0.15) is 6.54 Å². The standard InChI is InChI=1S/C24H20Cl2N2O3S/c1-16-6-8-17(9-7-16)15-32(30,31)23-13-28(22-5-3-2-4-19(22)23)14-24(29)27-18-10-11-20(25)21(26)12-18/h2-13H,14-15H2,1H3,(H,27,29). The average Bonchev–Trinajstić information content (AvgIpc) is 3.12. The zero-order chi connectivity index (χ0) is 22.9. The number of fused-ring (bicyclic) bond motifs is 1. The second kappa shape index (κ2) is 8.98. The molecule has 3 aromatic carbocycles. The molecule has 0 radical (unpaired) electrons.